The molecule has 0 aliphatic heterocycles. The van der Waals surface area contributed by atoms with Crippen LogP contribution in [0.25, 0.3) is 0 Å². The van der Waals surface area contributed by atoms with E-state index in [4.69, 9.17) is 5.11 Å². The third-order valence-electron chi connectivity index (χ3n) is 3.64. The molecule has 23 heavy (non-hydrogen) atoms. The van der Waals surface area contributed by atoms with Crippen LogP contribution in [0.5, 0.6) is 0 Å². The first-order valence-corrected chi connectivity index (χ1v) is 7.20. The van der Waals surface area contributed by atoms with E-state index in [1.165, 1.54) is 0 Å². The van der Waals surface area contributed by atoms with Crippen LogP contribution in [-0.2, 0) is 19.1 Å². The number of benzene rings is 1. The number of hydrogen-bond donors (Lipinski definition) is 3. The van der Waals surface area contributed by atoms with Gasteiger partial charge in [-0.2, -0.15) is 0 Å². The molecule has 126 valence electrons. The Kier molecular flexibility index (Phi) is 6.12. The Balaban J connectivity index is 2.79. The van der Waals surface area contributed by atoms with E-state index in [1.54, 1.807) is 24.3 Å². The lowest BCUT2D eigenvalue weighted by Gasteiger charge is -2.21. The van der Waals surface area contributed by atoms with Gasteiger partial charge in [-0.25, -0.2) is 9.59 Å². The summed E-state index contributed by atoms with van der Waals surface area (Å²) in [4.78, 5) is 34.5. The fourth-order valence-electron chi connectivity index (χ4n) is 1.62. The molecule has 0 saturated heterocycles. The number of anilines is 2. The van der Waals surface area contributed by atoms with E-state index in [9.17, 15) is 14.4 Å². The van der Waals surface area contributed by atoms with Gasteiger partial charge in [0.25, 0.3) is 0 Å². The molecule has 7 heteroatoms. The number of aliphatic carboxylic acids is 1. The summed E-state index contributed by atoms with van der Waals surface area (Å²) in [5, 5.41) is 14.4. The topological polar surface area (TPSA) is 105 Å². The molecule has 7 nitrogen and oxygen atoms in total. The Hall–Kier alpha value is -2.57. The van der Waals surface area contributed by atoms with Gasteiger partial charge < -0.3 is 20.5 Å². The number of methoxy groups -OCH3 is 1. The van der Waals surface area contributed by atoms with Gasteiger partial charge in [0.2, 0.25) is 11.9 Å². The van der Waals surface area contributed by atoms with Crippen molar-refractivity contribution in [1.29, 1.82) is 0 Å². The number of carboxylic acids is 1. The van der Waals surface area contributed by atoms with Crippen molar-refractivity contribution in [2.75, 3.05) is 17.7 Å². The van der Waals surface area contributed by atoms with Crippen LogP contribution in [0.15, 0.2) is 24.3 Å². The van der Waals surface area contributed by atoms with Crippen LogP contribution in [0.3, 0.4) is 0 Å². The average Bonchev–Trinajstić information content (AvgIpc) is 2.52. The van der Waals surface area contributed by atoms with E-state index in [1.807, 2.05) is 20.8 Å². The molecule has 0 radical (unpaired) electrons. The zero-order chi connectivity index (χ0) is 17.6. The number of amides is 1. The van der Waals surface area contributed by atoms with Gasteiger partial charge in [0.1, 0.15) is 0 Å². The summed E-state index contributed by atoms with van der Waals surface area (Å²) in [7, 11) is 1.12. The highest BCUT2D eigenvalue weighted by molar-refractivity contribution is 6.01. The van der Waals surface area contributed by atoms with Crippen molar-refractivity contribution in [1.82, 2.24) is 0 Å². The summed E-state index contributed by atoms with van der Waals surface area (Å²) in [6.45, 7) is 5.64. The fraction of sp³-hybridized carbons (Fsp3) is 0.438. The highest BCUT2D eigenvalue weighted by Crippen LogP contribution is 2.23. The van der Waals surface area contributed by atoms with Crippen LogP contribution in [0.4, 0.5) is 11.4 Å². The highest BCUT2D eigenvalue weighted by atomic mass is 16.5. The highest BCUT2D eigenvalue weighted by Gasteiger charge is 2.27. The summed E-state index contributed by atoms with van der Waals surface area (Å²) < 4.78 is 4.43. The monoisotopic (exact) mass is 322 g/mol. The smallest absolute Gasteiger partial charge is 0.340 e. The first-order chi connectivity index (χ1) is 10.7. The Morgan fingerprint density at radius 2 is 1.70 bits per heavy atom. The van der Waals surface area contributed by atoms with Gasteiger partial charge in [-0.1, -0.05) is 20.8 Å². The number of carboxylic acid groups (broad SMARTS) is 1. The van der Waals surface area contributed by atoms with Gasteiger partial charge in [-0.15, -0.1) is 0 Å². The van der Waals surface area contributed by atoms with E-state index in [-0.39, 0.29) is 5.91 Å². The van der Waals surface area contributed by atoms with Crippen molar-refractivity contribution >= 4 is 29.2 Å². The van der Waals surface area contributed by atoms with E-state index in [0.29, 0.717) is 17.8 Å². The van der Waals surface area contributed by atoms with E-state index < -0.39 is 23.4 Å². The Labute approximate surface area is 135 Å². The molecule has 3 N–H and O–H groups in total. The summed E-state index contributed by atoms with van der Waals surface area (Å²) in [6.07, 6.45) is 0.706. The number of hydrogen-bond acceptors (Lipinski definition) is 5. The molecule has 0 bridgehead atoms. The second-order valence-corrected chi connectivity index (χ2v) is 5.71. The minimum Gasteiger partial charge on any atom is -0.479 e. The molecule has 1 atom stereocenters. The number of esters is 1. The maximum atomic E-state index is 12.1. The zero-order valence-electron chi connectivity index (χ0n) is 13.7. The van der Waals surface area contributed by atoms with E-state index in [0.717, 1.165) is 7.11 Å². The molecule has 0 saturated carbocycles. The van der Waals surface area contributed by atoms with E-state index >= 15 is 0 Å². The van der Waals surface area contributed by atoms with Crippen LogP contribution in [0.1, 0.15) is 27.2 Å². The molecule has 0 heterocycles. The van der Waals surface area contributed by atoms with Gasteiger partial charge in [-0.05, 0) is 30.7 Å². The average molecular weight is 322 g/mol. The summed E-state index contributed by atoms with van der Waals surface area (Å²) in [5.74, 6) is -2.32. The molecular weight excluding hydrogens is 300 g/mol. The maximum absolute atomic E-state index is 12.1. The largest absolute Gasteiger partial charge is 0.479 e. The molecule has 0 aliphatic rings. The van der Waals surface area contributed by atoms with Crippen molar-refractivity contribution in [2.45, 2.75) is 33.2 Å². The molecule has 0 aromatic heterocycles. The number of ether oxygens (including phenoxy) is 1. The summed E-state index contributed by atoms with van der Waals surface area (Å²) >= 11 is 0. The Morgan fingerprint density at radius 1 is 1.17 bits per heavy atom. The lowest BCUT2D eigenvalue weighted by Crippen LogP contribution is -2.38. The lowest BCUT2D eigenvalue weighted by molar-refractivity contribution is -0.150. The first kappa shape index (κ1) is 18.5. The van der Waals surface area contributed by atoms with Gasteiger partial charge in [0.15, 0.2) is 0 Å². The molecule has 1 unspecified atom stereocenters. The molecule has 1 aromatic carbocycles. The first-order valence-electron chi connectivity index (χ1n) is 7.20. The van der Waals surface area contributed by atoms with Gasteiger partial charge in [-0.3, -0.25) is 4.79 Å². The van der Waals surface area contributed by atoms with Crippen LogP contribution >= 0.6 is 0 Å². The van der Waals surface area contributed by atoms with Gasteiger partial charge in [0, 0.05) is 16.8 Å². The molecule has 1 amide bonds. The molecule has 1 aromatic rings. The van der Waals surface area contributed by atoms with Crippen molar-refractivity contribution < 1.29 is 24.2 Å². The molecule has 0 aliphatic carbocycles. The van der Waals surface area contributed by atoms with Gasteiger partial charge in [0.05, 0.1) is 7.11 Å². The van der Waals surface area contributed by atoms with Crippen molar-refractivity contribution in [2.24, 2.45) is 5.41 Å². The Bertz CT molecular complexity index is 581. The second-order valence-electron chi connectivity index (χ2n) is 5.71. The Morgan fingerprint density at radius 3 is 2.13 bits per heavy atom. The summed E-state index contributed by atoms with van der Waals surface area (Å²) in [5.41, 5.74) is 0.540. The normalized spacial score (nSPS) is 12.2. The second kappa shape index (κ2) is 7.62. The summed E-state index contributed by atoms with van der Waals surface area (Å²) in [6, 6.07) is 4.92. The predicted molar refractivity (Wildman–Crippen MR) is 86.2 cm³/mol. The van der Waals surface area contributed by atoms with Gasteiger partial charge >= 0.3 is 11.9 Å². The third-order valence-corrected chi connectivity index (χ3v) is 3.64. The molecule has 0 spiro atoms. The van der Waals surface area contributed by atoms with E-state index in [2.05, 4.69) is 15.4 Å². The quantitative estimate of drug-likeness (QED) is 0.524. The number of nitrogens with one attached hydrogen (secondary N) is 2. The number of rotatable bonds is 7. The third kappa shape index (κ3) is 4.98. The van der Waals surface area contributed by atoms with Crippen molar-refractivity contribution in [3.8, 4) is 0 Å². The molecule has 1 rings (SSSR count). The fourth-order valence-corrected chi connectivity index (χ4v) is 1.62. The van der Waals surface area contributed by atoms with Crippen molar-refractivity contribution in [3.05, 3.63) is 24.3 Å². The predicted octanol–water partition coefficient (Wildman–Crippen LogP) is 2.10. The maximum Gasteiger partial charge on any atom is 0.340 e. The zero-order valence-corrected chi connectivity index (χ0v) is 13.7. The SMILES string of the molecule is CCC(C)(C)C(=O)Nc1ccc(NC(C(=O)O)C(=O)OC)cc1. The van der Waals surface area contributed by atoms with Crippen LogP contribution in [0, 0.1) is 5.41 Å². The van der Waals surface area contributed by atoms with Crippen LogP contribution < -0.4 is 10.6 Å². The minimum absolute atomic E-state index is 0.0984. The number of carbonyl (C=O) groups excluding carboxylic acids is 2. The lowest BCUT2D eigenvalue weighted by atomic mass is 9.89. The number of carbonyl (C=O) groups is 3. The minimum atomic E-state index is -1.49. The van der Waals surface area contributed by atoms with Crippen LogP contribution in [0.2, 0.25) is 0 Å². The van der Waals surface area contributed by atoms with Crippen LogP contribution in [-0.4, -0.2) is 36.1 Å². The molecular formula is C16H22N2O5. The molecule has 0 fully saturated rings. The van der Waals surface area contributed by atoms with Crippen molar-refractivity contribution in [3.63, 3.8) is 0 Å². The standard InChI is InChI=1S/C16H22N2O5/c1-5-16(2,3)15(22)18-11-8-6-10(7-9-11)17-12(13(19)20)14(21)23-4/h6-9,12,17H,5H2,1-4H3,(H,18,22)(H,19,20).